The molecule has 0 radical (unpaired) electrons. The largest absolute Gasteiger partial charge is 0.490 e. The number of benzene rings is 2. The number of rotatable bonds is 10. The summed E-state index contributed by atoms with van der Waals surface area (Å²) >= 11 is 6.42. The Morgan fingerprint density at radius 3 is 2.36 bits per heavy atom. The van der Waals surface area contributed by atoms with Crippen LogP contribution in [0.2, 0.25) is 5.02 Å². The molecule has 152 valence electrons. The lowest BCUT2D eigenvalue weighted by atomic mass is 10.0. The van der Waals surface area contributed by atoms with E-state index in [-0.39, 0.29) is 5.92 Å². The molecule has 0 heterocycles. The van der Waals surface area contributed by atoms with E-state index in [1.807, 2.05) is 58.0 Å². The first-order valence-corrected chi connectivity index (χ1v) is 9.79. The van der Waals surface area contributed by atoms with Crippen LogP contribution in [-0.4, -0.2) is 23.7 Å². The van der Waals surface area contributed by atoms with Gasteiger partial charge in [0.05, 0.1) is 6.61 Å². The molecule has 2 N–H and O–H groups in total. The van der Waals surface area contributed by atoms with Gasteiger partial charge in [0.15, 0.2) is 11.5 Å². The van der Waals surface area contributed by atoms with Crippen molar-refractivity contribution in [2.45, 2.75) is 46.9 Å². The number of carboxylic acids is 1. The maximum absolute atomic E-state index is 11.4. The third-order valence-corrected chi connectivity index (χ3v) is 4.72. The van der Waals surface area contributed by atoms with E-state index in [0.29, 0.717) is 36.3 Å². The number of ether oxygens (including phenoxy) is 2. The zero-order valence-corrected chi connectivity index (χ0v) is 17.5. The van der Waals surface area contributed by atoms with Crippen molar-refractivity contribution in [1.29, 1.82) is 0 Å². The number of aliphatic carboxylic acids is 1. The predicted octanol–water partition coefficient (Wildman–Crippen LogP) is 4.82. The van der Waals surface area contributed by atoms with Gasteiger partial charge in [-0.25, -0.2) is 0 Å². The first-order chi connectivity index (χ1) is 13.3. The molecule has 0 saturated carbocycles. The number of nitrogens with one attached hydrogen (secondary N) is 1. The Morgan fingerprint density at radius 1 is 1.14 bits per heavy atom. The Bertz CT molecular complexity index is 790. The van der Waals surface area contributed by atoms with Gasteiger partial charge in [0.2, 0.25) is 0 Å². The average molecular weight is 406 g/mol. The van der Waals surface area contributed by atoms with E-state index in [1.165, 1.54) is 5.56 Å². The molecule has 0 saturated heterocycles. The molecule has 1 atom stereocenters. The minimum atomic E-state index is -0.880. The third-order valence-electron chi connectivity index (χ3n) is 4.37. The van der Waals surface area contributed by atoms with Gasteiger partial charge in [0.25, 0.3) is 0 Å². The van der Waals surface area contributed by atoms with E-state index in [1.54, 1.807) is 6.07 Å². The number of hydrogen-bond donors (Lipinski definition) is 2. The lowest BCUT2D eigenvalue weighted by Gasteiger charge is -2.19. The lowest BCUT2D eigenvalue weighted by Crippen LogP contribution is -2.40. The quantitative estimate of drug-likeness (QED) is 0.592. The zero-order chi connectivity index (χ0) is 20.7. The summed E-state index contributed by atoms with van der Waals surface area (Å²) in [5.74, 6) is 0.232. The third kappa shape index (κ3) is 6.14. The summed E-state index contributed by atoms with van der Waals surface area (Å²) in [5, 5.41) is 12.9. The Balaban J connectivity index is 2.15. The first kappa shape index (κ1) is 22.1. The summed E-state index contributed by atoms with van der Waals surface area (Å²) in [6.45, 7) is 8.88. The van der Waals surface area contributed by atoms with Crippen molar-refractivity contribution in [1.82, 2.24) is 5.32 Å². The number of hydrogen-bond acceptors (Lipinski definition) is 4. The normalized spacial score (nSPS) is 12.1. The van der Waals surface area contributed by atoms with E-state index < -0.39 is 12.0 Å². The highest BCUT2D eigenvalue weighted by molar-refractivity contribution is 6.31. The summed E-state index contributed by atoms with van der Waals surface area (Å²) in [7, 11) is 0. The van der Waals surface area contributed by atoms with Gasteiger partial charge in [-0.15, -0.1) is 0 Å². The average Bonchev–Trinajstić information content (AvgIpc) is 2.63. The van der Waals surface area contributed by atoms with Crippen LogP contribution in [-0.2, 0) is 17.9 Å². The molecule has 0 aliphatic carbocycles. The maximum atomic E-state index is 11.4. The Morgan fingerprint density at radius 2 is 1.79 bits per heavy atom. The van der Waals surface area contributed by atoms with Crippen LogP contribution in [0, 0.1) is 12.8 Å². The van der Waals surface area contributed by atoms with Crippen LogP contribution in [0.3, 0.4) is 0 Å². The van der Waals surface area contributed by atoms with E-state index in [4.69, 9.17) is 21.1 Å². The fourth-order valence-corrected chi connectivity index (χ4v) is 2.99. The van der Waals surface area contributed by atoms with Crippen molar-refractivity contribution in [2.24, 2.45) is 5.92 Å². The van der Waals surface area contributed by atoms with Gasteiger partial charge in [0.1, 0.15) is 12.6 Å². The molecule has 5 nitrogen and oxygen atoms in total. The summed E-state index contributed by atoms with van der Waals surface area (Å²) in [6, 6.07) is 11.0. The van der Waals surface area contributed by atoms with Crippen molar-refractivity contribution in [3.63, 3.8) is 0 Å². The molecule has 28 heavy (non-hydrogen) atoms. The standard InChI is InChI=1S/C22H28ClNO4/c1-5-27-19-10-17(12-24-21(14(2)3)22(25)26)18(23)11-20(19)28-13-16-8-6-15(4)7-9-16/h6-11,14,21,24H,5,12-13H2,1-4H3,(H,25,26). The van der Waals surface area contributed by atoms with Crippen molar-refractivity contribution in [3.05, 3.63) is 58.1 Å². The summed E-state index contributed by atoms with van der Waals surface area (Å²) in [5.41, 5.74) is 3.01. The van der Waals surface area contributed by atoms with Crippen molar-refractivity contribution in [2.75, 3.05) is 6.61 Å². The van der Waals surface area contributed by atoms with Crippen LogP contribution in [0.15, 0.2) is 36.4 Å². The molecule has 0 amide bonds. The van der Waals surface area contributed by atoms with Gasteiger partial charge in [-0.05, 0) is 37.0 Å². The molecule has 0 spiro atoms. The predicted molar refractivity (Wildman–Crippen MR) is 111 cm³/mol. The summed E-state index contributed by atoms with van der Waals surface area (Å²) in [6.07, 6.45) is 0. The number of halogens is 1. The molecule has 0 aliphatic heterocycles. The van der Waals surface area contributed by atoms with Crippen LogP contribution in [0.25, 0.3) is 0 Å². The lowest BCUT2D eigenvalue weighted by molar-refractivity contribution is -0.140. The van der Waals surface area contributed by atoms with E-state index in [9.17, 15) is 9.90 Å². The van der Waals surface area contributed by atoms with Crippen LogP contribution in [0.1, 0.15) is 37.5 Å². The van der Waals surface area contributed by atoms with Gasteiger partial charge in [-0.3, -0.25) is 4.79 Å². The summed E-state index contributed by atoms with van der Waals surface area (Å²) in [4.78, 5) is 11.4. The number of aryl methyl sites for hydroxylation is 1. The Labute approximate surface area is 171 Å². The van der Waals surface area contributed by atoms with Crippen LogP contribution < -0.4 is 14.8 Å². The second-order valence-electron chi connectivity index (χ2n) is 7.04. The zero-order valence-electron chi connectivity index (χ0n) is 16.8. The van der Waals surface area contributed by atoms with Crippen LogP contribution in [0.4, 0.5) is 0 Å². The van der Waals surface area contributed by atoms with Crippen molar-refractivity contribution < 1.29 is 19.4 Å². The maximum Gasteiger partial charge on any atom is 0.320 e. The molecule has 2 aromatic carbocycles. The molecule has 2 aromatic rings. The van der Waals surface area contributed by atoms with Gasteiger partial charge in [0, 0.05) is 17.6 Å². The van der Waals surface area contributed by atoms with Crippen LogP contribution in [0.5, 0.6) is 11.5 Å². The SMILES string of the molecule is CCOc1cc(CNC(C(=O)O)C(C)C)c(Cl)cc1OCc1ccc(C)cc1. The van der Waals surface area contributed by atoms with Crippen molar-refractivity contribution >= 4 is 17.6 Å². The fourth-order valence-electron chi connectivity index (χ4n) is 2.77. The van der Waals surface area contributed by atoms with Gasteiger partial charge in [-0.2, -0.15) is 0 Å². The minimum absolute atomic E-state index is 0.0419. The molecule has 0 fully saturated rings. The van der Waals surface area contributed by atoms with E-state index in [2.05, 4.69) is 5.32 Å². The first-order valence-electron chi connectivity index (χ1n) is 9.41. The monoisotopic (exact) mass is 405 g/mol. The summed E-state index contributed by atoms with van der Waals surface area (Å²) < 4.78 is 11.6. The van der Waals surface area contributed by atoms with E-state index in [0.717, 1.165) is 11.1 Å². The second-order valence-corrected chi connectivity index (χ2v) is 7.45. The van der Waals surface area contributed by atoms with E-state index >= 15 is 0 Å². The number of carboxylic acid groups (broad SMARTS) is 1. The van der Waals surface area contributed by atoms with Crippen molar-refractivity contribution in [3.8, 4) is 11.5 Å². The molecule has 6 heteroatoms. The topological polar surface area (TPSA) is 67.8 Å². The molecule has 1 unspecified atom stereocenters. The Kier molecular flexibility index (Phi) is 8.15. The Hall–Kier alpha value is -2.24. The smallest absolute Gasteiger partial charge is 0.320 e. The van der Waals surface area contributed by atoms with Crippen LogP contribution >= 0.6 is 11.6 Å². The highest BCUT2D eigenvalue weighted by Crippen LogP contribution is 2.34. The molecule has 0 bridgehead atoms. The fraction of sp³-hybridized carbons (Fsp3) is 0.409. The molecule has 0 aromatic heterocycles. The highest BCUT2D eigenvalue weighted by atomic mass is 35.5. The van der Waals surface area contributed by atoms with Gasteiger partial charge < -0.3 is 19.9 Å². The minimum Gasteiger partial charge on any atom is -0.490 e. The molecular weight excluding hydrogens is 378 g/mol. The molecule has 0 aliphatic rings. The van der Waals surface area contributed by atoms with Gasteiger partial charge in [-0.1, -0.05) is 55.3 Å². The highest BCUT2D eigenvalue weighted by Gasteiger charge is 2.21. The molecular formula is C22H28ClNO4. The second kappa shape index (κ2) is 10.3. The molecule has 2 rings (SSSR count). The van der Waals surface area contributed by atoms with Gasteiger partial charge >= 0.3 is 5.97 Å². The number of carbonyl (C=O) groups is 1.